The lowest BCUT2D eigenvalue weighted by Crippen LogP contribution is -2.64. The highest BCUT2D eigenvalue weighted by atomic mass is 16.7. The summed E-state index contributed by atoms with van der Waals surface area (Å²) in [7, 11) is 0. The van der Waals surface area contributed by atoms with Crippen LogP contribution >= 0.6 is 0 Å². The molecule has 0 atom stereocenters. The summed E-state index contributed by atoms with van der Waals surface area (Å²) >= 11 is 0. The van der Waals surface area contributed by atoms with Crippen molar-refractivity contribution in [1.29, 1.82) is 0 Å². The first kappa shape index (κ1) is 20.2. The molecule has 1 aliphatic heterocycles. The van der Waals surface area contributed by atoms with E-state index in [-0.39, 0.29) is 35.9 Å². The predicted octanol–water partition coefficient (Wildman–Crippen LogP) is 3.25. The van der Waals surface area contributed by atoms with Gasteiger partial charge in [-0.25, -0.2) is 0 Å². The quantitative estimate of drug-likeness (QED) is 0.765. The number of hydrogen-bond acceptors (Lipinski definition) is 4. The number of nitrogens with one attached hydrogen (secondary N) is 1. The molecule has 0 unspecified atom stereocenters. The monoisotopic (exact) mass is 354 g/mol. The van der Waals surface area contributed by atoms with Gasteiger partial charge < -0.3 is 10.4 Å². The number of carboxylic acids is 1. The first-order valence-corrected chi connectivity index (χ1v) is 9.58. The van der Waals surface area contributed by atoms with E-state index in [0.717, 1.165) is 25.7 Å². The molecular weight excluding hydrogens is 320 g/mol. The Balaban J connectivity index is 1.97. The van der Waals surface area contributed by atoms with E-state index >= 15 is 0 Å². The summed E-state index contributed by atoms with van der Waals surface area (Å²) in [4.78, 5) is 29.1. The summed E-state index contributed by atoms with van der Waals surface area (Å²) in [6.45, 7) is 8.64. The Hall–Kier alpha value is -1.14. The fourth-order valence-electron chi connectivity index (χ4n) is 4.49. The van der Waals surface area contributed by atoms with Crippen LogP contribution in [-0.4, -0.2) is 45.3 Å². The van der Waals surface area contributed by atoms with Crippen molar-refractivity contribution >= 4 is 11.9 Å². The molecule has 6 nitrogen and oxygen atoms in total. The van der Waals surface area contributed by atoms with Crippen LogP contribution in [0.2, 0.25) is 0 Å². The van der Waals surface area contributed by atoms with Crippen molar-refractivity contribution in [2.24, 2.45) is 0 Å². The van der Waals surface area contributed by atoms with Crippen molar-refractivity contribution in [3.63, 3.8) is 0 Å². The number of carboxylic acid groups (broad SMARTS) is 1. The van der Waals surface area contributed by atoms with Crippen LogP contribution in [-0.2, 0) is 14.4 Å². The molecule has 0 aromatic heterocycles. The lowest BCUT2D eigenvalue weighted by molar-refractivity contribution is -0.310. The van der Waals surface area contributed by atoms with Crippen molar-refractivity contribution in [1.82, 2.24) is 10.4 Å². The van der Waals surface area contributed by atoms with Gasteiger partial charge in [0.05, 0.1) is 12.5 Å². The number of hydrogen-bond donors (Lipinski definition) is 2. The molecule has 1 heterocycles. The van der Waals surface area contributed by atoms with Gasteiger partial charge in [0.15, 0.2) is 0 Å². The zero-order chi connectivity index (χ0) is 18.7. The first-order chi connectivity index (χ1) is 11.6. The third kappa shape index (κ3) is 5.68. The average Bonchev–Trinajstić information content (AvgIpc) is 2.49. The Morgan fingerprint density at radius 3 is 2.12 bits per heavy atom. The molecule has 0 bridgehead atoms. The van der Waals surface area contributed by atoms with E-state index < -0.39 is 5.97 Å². The fraction of sp³-hybridized carbons (Fsp3) is 0.895. The number of rotatable bonds is 6. The molecule has 1 aliphatic carbocycles. The number of carbonyl (C=O) groups excluding carboxylic acids is 1. The molecule has 0 radical (unpaired) electrons. The molecular formula is C19H34N2O4. The maximum atomic E-state index is 12.0. The number of hydroxylamine groups is 2. The van der Waals surface area contributed by atoms with Crippen LogP contribution in [0.1, 0.15) is 85.5 Å². The van der Waals surface area contributed by atoms with Gasteiger partial charge in [-0.15, -0.1) is 0 Å². The van der Waals surface area contributed by atoms with E-state index in [1.807, 2.05) is 0 Å². The molecule has 1 saturated heterocycles. The molecule has 0 aromatic rings. The summed E-state index contributed by atoms with van der Waals surface area (Å²) in [5, 5.41) is 13.9. The zero-order valence-electron chi connectivity index (χ0n) is 16.1. The predicted molar refractivity (Wildman–Crippen MR) is 96.0 cm³/mol. The largest absolute Gasteiger partial charge is 0.481 e. The van der Waals surface area contributed by atoms with E-state index in [4.69, 9.17) is 9.94 Å². The van der Waals surface area contributed by atoms with Gasteiger partial charge in [0.25, 0.3) is 0 Å². The highest BCUT2D eigenvalue weighted by molar-refractivity contribution is 5.80. The highest BCUT2D eigenvalue weighted by Gasteiger charge is 2.47. The van der Waals surface area contributed by atoms with Crippen molar-refractivity contribution in [2.45, 2.75) is 109 Å². The van der Waals surface area contributed by atoms with Gasteiger partial charge in [0.2, 0.25) is 5.91 Å². The van der Waals surface area contributed by atoms with Crippen LogP contribution in [0.5, 0.6) is 0 Å². The third-order valence-electron chi connectivity index (χ3n) is 5.33. The Kier molecular flexibility index (Phi) is 6.49. The van der Waals surface area contributed by atoms with E-state index in [0.29, 0.717) is 6.10 Å². The molecule has 2 rings (SSSR count). The number of piperidine rings is 1. The molecule has 2 fully saturated rings. The SMILES string of the molecule is CC1(C)CC(NC(=O)CCC(=O)O)CC(C)(C)N1OC1CCCCC1. The summed E-state index contributed by atoms with van der Waals surface area (Å²) < 4.78 is 0. The van der Waals surface area contributed by atoms with Crippen molar-refractivity contribution < 1.29 is 19.5 Å². The van der Waals surface area contributed by atoms with Gasteiger partial charge in [0, 0.05) is 23.5 Å². The maximum Gasteiger partial charge on any atom is 0.303 e. The number of amides is 1. The normalized spacial score (nSPS) is 24.8. The van der Waals surface area contributed by atoms with Crippen LogP contribution in [0.4, 0.5) is 0 Å². The smallest absolute Gasteiger partial charge is 0.303 e. The molecule has 2 N–H and O–H groups in total. The van der Waals surface area contributed by atoms with Crippen LogP contribution in [0.15, 0.2) is 0 Å². The second-order valence-electron chi connectivity index (χ2n) is 8.85. The van der Waals surface area contributed by atoms with Gasteiger partial charge in [-0.05, 0) is 53.4 Å². The average molecular weight is 354 g/mol. The molecule has 1 amide bonds. The van der Waals surface area contributed by atoms with Crippen molar-refractivity contribution in [3.8, 4) is 0 Å². The topological polar surface area (TPSA) is 78.9 Å². The molecule has 0 spiro atoms. The molecule has 25 heavy (non-hydrogen) atoms. The Morgan fingerprint density at radius 2 is 1.60 bits per heavy atom. The van der Waals surface area contributed by atoms with Gasteiger partial charge >= 0.3 is 5.97 Å². The van der Waals surface area contributed by atoms with Crippen LogP contribution in [0.25, 0.3) is 0 Å². The van der Waals surface area contributed by atoms with Gasteiger partial charge in [0.1, 0.15) is 0 Å². The van der Waals surface area contributed by atoms with E-state index in [9.17, 15) is 9.59 Å². The molecule has 1 saturated carbocycles. The minimum Gasteiger partial charge on any atom is -0.481 e. The first-order valence-electron chi connectivity index (χ1n) is 9.58. The van der Waals surface area contributed by atoms with Crippen LogP contribution < -0.4 is 5.32 Å². The minimum atomic E-state index is -0.938. The second-order valence-corrected chi connectivity index (χ2v) is 8.85. The highest BCUT2D eigenvalue weighted by Crippen LogP contribution is 2.40. The number of nitrogens with zero attached hydrogens (tertiary/aromatic N) is 1. The zero-order valence-corrected chi connectivity index (χ0v) is 16.1. The van der Waals surface area contributed by atoms with Crippen molar-refractivity contribution in [3.05, 3.63) is 0 Å². The molecule has 0 aromatic carbocycles. The van der Waals surface area contributed by atoms with E-state index in [1.54, 1.807) is 0 Å². The Morgan fingerprint density at radius 1 is 1.04 bits per heavy atom. The third-order valence-corrected chi connectivity index (χ3v) is 5.33. The lowest BCUT2D eigenvalue weighted by Gasteiger charge is -2.55. The summed E-state index contributed by atoms with van der Waals surface area (Å²) in [5.41, 5.74) is -0.381. The maximum absolute atomic E-state index is 12.0. The van der Waals surface area contributed by atoms with E-state index in [1.165, 1.54) is 19.3 Å². The summed E-state index contributed by atoms with van der Waals surface area (Å²) in [5.74, 6) is -1.12. The van der Waals surface area contributed by atoms with Crippen LogP contribution in [0, 0.1) is 0 Å². The fourth-order valence-corrected chi connectivity index (χ4v) is 4.49. The molecule has 6 heteroatoms. The summed E-state index contributed by atoms with van der Waals surface area (Å²) in [6, 6.07) is 0.0394. The Labute approximate surface area is 151 Å². The minimum absolute atomic E-state index is 0.0367. The van der Waals surface area contributed by atoms with Crippen LogP contribution in [0.3, 0.4) is 0 Å². The number of carbonyl (C=O) groups is 2. The molecule has 2 aliphatic rings. The Bertz CT molecular complexity index is 466. The summed E-state index contributed by atoms with van der Waals surface area (Å²) in [6.07, 6.45) is 7.83. The standard InChI is InChI=1S/C19H34N2O4/c1-18(2)12-14(20-16(22)10-11-17(23)24)13-19(3,4)21(18)25-15-8-6-5-7-9-15/h14-15H,5-13H2,1-4H3,(H,20,22)(H,23,24). The van der Waals surface area contributed by atoms with Crippen molar-refractivity contribution in [2.75, 3.05) is 0 Å². The van der Waals surface area contributed by atoms with Gasteiger partial charge in [-0.1, -0.05) is 19.3 Å². The van der Waals surface area contributed by atoms with Gasteiger partial charge in [-0.3, -0.25) is 14.4 Å². The number of aliphatic carboxylic acids is 1. The molecule has 144 valence electrons. The lowest BCUT2D eigenvalue weighted by atomic mass is 9.79. The second kappa shape index (κ2) is 8.04. The van der Waals surface area contributed by atoms with Gasteiger partial charge in [-0.2, -0.15) is 5.06 Å². The van der Waals surface area contributed by atoms with E-state index in [2.05, 4.69) is 38.1 Å².